The summed E-state index contributed by atoms with van der Waals surface area (Å²) >= 11 is 1.48. The fourth-order valence-corrected chi connectivity index (χ4v) is 2.84. The molecule has 0 spiro atoms. The summed E-state index contributed by atoms with van der Waals surface area (Å²) in [5.41, 5.74) is 5.84. The van der Waals surface area contributed by atoms with E-state index in [1.807, 2.05) is 6.92 Å². The lowest BCUT2D eigenvalue weighted by molar-refractivity contribution is 0.101. The van der Waals surface area contributed by atoms with Gasteiger partial charge in [0, 0.05) is 17.4 Å². The second kappa shape index (κ2) is 4.65. The van der Waals surface area contributed by atoms with Crippen LogP contribution in [-0.4, -0.2) is 10.8 Å². The smallest absolute Gasteiger partial charge is 0.188 e. The van der Waals surface area contributed by atoms with Crippen LogP contribution < -0.4 is 0 Å². The van der Waals surface area contributed by atoms with Gasteiger partial charge in [-0.25, -0.2) is 4.98 Å². The predicted molar refractivity (Wildman–Crippen MR) is 76.5 cm³/mol. The van der Waals surface area contributed by atoms with E-state index in [4.69, 9.17) is 0 Å². The molecule has 0 amide bonds. The zero-order chi connectivity index (χ0) is 13.4. The fraction of sp³-hybridized carbons (Fsp3) is 0.333. The van der Waals surface area contributed by atoms with Crippen molar-refractivity contribution in [3.8, 4) is 11.3 Å². The average molecular weight is 259 g/mol. The van der Waals surface area contributed by atoms with Gasteiger partial charge >= 0.3 is 0 Å². The van der Waals surface area contributed by atoms with Crippen LogP contribution in [0.5, 0.6) is 0 Å². The molecule has 2 rings (SSSR count). The maximum atomic E-state index is 11.4. The molecule has 0 saturated heterocycles. The van der Waals surface area contributed by atoms with Gasteiger partial charge < -0.3 is 0 Å². The molecule has 0 unspecified atom stereocenters. The van der Waals surface area contributed by atoms with Gasteiger partial charge in [-0.05, 0) is 50.5 Å². The Morgan fingerprint density at radius 2 is 1.67 bits per heavy atom. The van der Waals surface area contributed by atoms with Gasteiger partial charge in [-0.15, -0.1) is 11.3 Å². The number of thiazole rings is 1. The Balaban J connectivity index is 2.62. The number of carbonyl (C=O) groups excluding carboxylic acids is 1. The third-order valence-corrected chi connectivity index (χ3v) is 4.27. The second-order valence-corrected chi connectivity index (χ2v) is 5.93. The van der Waals surface area contributed by atoms with Gasteiger partial charge in [0.2, 0.25) is 0 Å². The second-order valence-electron chi connectivity index (χ2n) is 4.73. The van der Waals surface area contributed by atoms with Gasteiger partial charge in [0.05, 0.1) is 5.69 Å². The van der Waals surface area contributed by atoms with Gasteiger partial charge in [-0.2, -0.15) is 0 Å². The summed E-state index contributed by atoms with van der Waals surface area (Å²) in [5, 5.41) is 0.597. The number of aromatic nitrogens is 1. The number of carbonyl (C=O) groups is 1. The van der Waals surface area contributed by atoms with E-state index >= 15 is 0 Å². The highest BCUT2D eigenvalue weighted by Crippen LogP contribution is 2.31. The predicted octanol–water partition coefficient (Wildman–Crippen LogP) is 4.25. The SMILES string of the molecule is CC(=O)c1nc(-c2cc(C)c(C)cc2C)c(C)s1. The van der Waals surface area contributed by atoms with E-state index < -0.39 is 0 Å². The van der Waals surface area contributed by atoms with Crippen molar-refractivity contribution in [1.29, 1.82) is 0 Å². The average Bonchev–Trinajstić information content (AvgIpc) is 2.66. The lowest BCUT2D eigenvalue weighted by Gasteiger charge is -2.08. The van der Waals surface area contributed by atoms with Crippen LogP contribution >= 0.6 is 11.3 Å². The van der Waals surface area contributed by atoms with Crippen molar-refractivity contribution in [3.63, 3.8) is 0 Å². The van der Waals surface area contributed by atoms with Gasteiger partial charge in [0.1, 0.15) is 0 Å². The van der Waals surface area contributed by atoms with Crippen LogP contribution in [0.1, 0.15) is 38.3 Å². The summed E-state index contributed by atoms with van der Waals surface area (Å²) in [6.07, 6.45) is 0. The van der Waals surface area contributed by atoms with Crippen LogP contribution in [0.25, 0.3) is 11.3 Å². The molecule has 0 bridgehead atoms. The van der Waals surface area contributed by atoms with E-state index in [1.54, 1.807) is 6.92 Å². The van der Waals surface area contributed by atoms with Crippen molar-refractivity contribution in [2.75, 3.05) is 0 Å². The van der Waals surface area contributed by atoms with Crippen LogP contribution in [-0.2, 0) is 0 Å². The molecule has 0 aliphatic carbocycles. The highest BCUT2D eigenvalue weighted by molar-refractivity contribution is 7.14. The first kappa shape index (κ1) is 13.0. The van der Waals surface area contributed by atoms with Gasteiger partial charge in [0.15, 0.2) is 10.8 Å². The van der Waals surface area contributed by atoms with E-state index in [-0.39, 0.29) is 5.78 Å². The molecule has 0 N–H and O–H groups in total. The zero-order valence-electron chi connectivity index (χ0n) is 11.4. The van der Waals surface area contributed by atoms with E-state index in [9.17, 15) is 4.79 Å². The molecule has 2 aromatic rings. The molecule has 1 aromatic heterocycles. The topological polar surface area (TPSA) is 30.0 Å². The molecule has 0 aliphatic heterocycles. The summed E-state index contributed by atoms with van der Waals surface area (Å²) < 4.78 is 0. The van der Waals surface area contributed by atoms with Crippen LogP contribution in [0.15, 0.2) is 12.1 Å². The standard InChI is InChI=1S/C15H17NOS/c1-8-6-10(3)13(7-9(8)2)14-12(5)18-15(16-14)11(4)17/h6-7H,1-5H3. The Hall–Kier alpha value is -1.48. The lowest BCUT2D eigenvalue weighted by Crippen LogP contribution is -1.93. The number of benzene rings is 1. The monoisotopic (exact) mass is 259 g/mol. The lowest BCUT2D eigenvalue weighted by atomic mass is 9.98. The molecular weight excluding hydrogens is 242 g/mol. The Labute approximate surface area is 112 Å². The highest BCUT2D eigenvalue weighted by Gasteiger charge is 2.14. The molecular formula is C15H17NOS. The van der Waals surface area contributed by atoms with Crippen LogP contribution in [0, 0.1) is 27.7 Å². The molecule has 3 heteroatoms. The third kappa shape index (κ3) is 2.23. The molecule has 0 radical (unpaired) electrons. The Morgan fingerprint density at radius 3 is 2.22 bits per heavy atom. The van der Waals surface area contributed by atoms with E-state index in [0.717, 1.165) is 16.1 Å². The zero-order valence-corrected chi connectivity index (χ0v) is 12.2. The molecule has 94 valence electrons. The van der Waals surface area contributed by atoms with E-state index in [0.29, 0.717) is 5.01 Å². The molecule has 0 atom stereocenters. The first-order valence-electron chi connectivity index (χ1n) is 5.96. The molecule has 1 aromatic carbocycles. The van der Waals surface area contributed by atoms with Crippen LogP contribution in [0.4, 0.5) is 0 Å². The molecule has 0 aliphatic rings. The Kier molecular flexibility index (Phi) is 3.35. The largest absolute Gasteiger partial charge is 0.292 e. The fourth-order valence-electron chi connectivity index (χ4n) is 2.01. The molecule has 0 fully saturated rings. The molecule has 18 heavy (non-hydrogen) atoms. The number of nitrogens with zero attached hydrogens (tertiary/aromatic N) is 1. The molecule has 1 heterocycles. The highest BCUT2D eigenvalue weighted by atomic mass is 32.1. The van der Waals surface area contributed by atoms with E-state index in [2.05, 4.69) is 37.9 Å². The van der Waals surface area contributed by atoms with Crippen molar-refractivity contribution >= 4 is 17.1 Å². The third-order valence-electron chi connectivity index (χ3n) is 3.19. The van der Waals surface area contributed by atoms with Crippen LogP contribution in [0.3, 0.4) is 0 Å². The van der Waals surface area contributed by atoms with Crippen LogP contribution in [0.2, 0.25) is 0 Å². The first-order valence-corrected chi connectivity index (χ1v) is 6.78. The minimum Gasteiger partial charge on any atom is -0.292 e. The van der Waals surface area contributed by atoms with Crippen molar-refractivity contribution < 1.29 is 4.79 Å². The first-order chi connectivity index (χ1) is 8.40. The van der Waals surface area contributed by atoms with Crippen molar-refractivity contribution in [3.05, 3.63) is 38.7 Å². The Morgan fingerprint density at radius 1 is 1.06 bits per heavy atom. The number of hydrogen-bond donors (Lipinski definition) is 0. The van der Waals surface area contributed by atoms with Gasteiger partial charge in [-0.1, -0.05) is 6.07 Å². The summed E-state index contributed by atoms with van der Waals surface area (Å²) in [5.74, 6) is 0.0378. The maximum Gasteiger partial charge on any atom is 0.188 e. The number of ketones is 1. The number of aryl methyl sites for hydroxylation is 4. The van der Waals surface area contributed by atoms with Gasteiger partial charge in [-0.3, -0.25) is 4.79 Å². The van der Waals surface area contributed by atoms with Gasteiger partial charge in [0.25, 0.3) is 0 Å². The van der Waals surface area contributed by atoms with Crippen molar-refractivity contribution in [1.82, 2.24) is 4.98 Å². The summed E-state index contributed by atoms with van der Waals surface area (Å²) in [4.78, 5) is 17.0. The number of Topliss-reactive ketones (excluding diaryl/α,β-unsaturated/α-hetero) is 1. The number of hydrogen-bond acceptors (Lipinski definition) is 3. The normalized spacial score (nSPS) is 10.7. The minimum absolute atomic E-state index is 0.0378. The van der Waals surface area contributed by atoms with E-state index in [1.165, 1.54) is 28.0 Å². The summed E-state index contributed by atoms with van der Waals surface area (Å²) in [7, 11) is 0. The Bertz CT molecular complexity index is 626. The quantitative estimate of drug-likeness (QED) is 0.755. The summed E-state index contributed by atoms with van der Waals surface area (Å²) in [6.45, 7) is 9.89. The van der Waals surface area contributed by atoms with Crippen molar-refractivity contribution in [2.45, 2.75) is 34.6 Å². The molecule has 2 nitrogen and oxygen atoms in total. The minimum atomic E-state index is 0.0378. The summed E-state index contributed by atoms with van der Waals surface area (Å²) in [6, 6.07) is 4.34. The maximum absolute atomic E-state index is 11.4. The van der Waals surface area contributed by atoms with Crippen molar-refractivity contribution in [2.24, 2.45) is 0 Å². The number of rotatable bonds is 2. The molecule has 0 saturated carbocycles.